The lowest BCUT2D eigenvalue weighted by Gasteiger charge is -2.26. The molecule has 1 aliphatic rings. The molecule has 0 saturated carbocycles. The molecule has 122 valence electrons. The maximum atomic E-state index is 11.4. The highest BCUT2D eigenvalue weighted by Gasteiger charge is 2.20. The topological polar surface area (TPSA) is 86.7 Å². The van der Waals surface area contributed by atoms with Crippen molar-refractivity contribution in [2.45, 2.75) is 6.54 Å². The van der Waals surface area contributed by atoms with Gasteiger partial charge >= 0.3 is 0 Å². The molecule has 0 atom stereocenters. The standard InChI is InChI=1S/C14H23N5O2S/c1-15-14(18-12-13-4-2-3-5-16-13)17-6-7-19-8-10-22(20,21)11-9-19/h2-5H,6-12H2,1H3,(H2,15,17,18). The van der Waals surface area contributed by atoms with Gasteiger partial charge in [0.05, 0.1) is 23.7 Å². The molecule has 0 radical (unpaired) electrons. The number of aliphatic imine (C=N–C) groups is 1. The van der Waals surface area contributed by atoms with Gasteiger partial charge in [-0.2, -0.15) is 0 Å². The molecule has 0 aromatic carbocycles. The Balaban J connectivity index is 1.67. The van der Waals surface area contributed by atoms with Gasteiger partial charge in [-0.3, -0.25) is 14.9 Å². The highest BCUT2D eigenvalue weighted by atomic mass is 32.2. The predicted molar refractivity (Wildman–Crippen MR) is 87.5 cm³/mol. The van der Waals surface area contributed by atoms with Gasteiger partial charge in [-0.05, 0) is 12.1 Å². The van der Waals surface area contributed by atoms with Gasteiger partial charge in [0.2, 0.25) is 0 Å². The Morgan fingerprint density at radius 3 is 2.73 bits per heavy atom. The van der Waals surface area contributed by atoms with Crippen molar-refractivity contribution in [3.05, 3.63) is 30.1 Å². The van der Waals surface area contributed by atoms with Crippen molar-refractivity contribution in [2.24, 2.45) is 4.99 Å². The maximum absolute atomic E-state index is 11.4. The third kappa shape index (κ3) is 5.61. The highest BCUT2D eigenvalue weighted by molar-refractivity contribution is 7.91. The van der Waals surface area contributed by atoms with E-state index in [0.29, 0.717) is 19.6 Å². The number of nitrogens with zero attached hydrogens (tertiary/aromatic N) is 3. The van der Waals surface area contributed by atoms with Crippen molar-refractivity contribution < 1.29 is 8.42 Å². The van der Waals surface area contributed by atoms with E-state index in [1.165, 1.54) is 0 Å². The van der Waals surface area contributed by atoms with Crippen LogP contribution in [0.15, 0.2) is 29.4 Å². The second-order valence-electron chi connectivity index (χ2n) is 5.17. The lowest BCUT2D eigenvalue weighted by atomic mass is 10.3. The molecular weight excluding hydrogens is 302 g/mol. The number of hydrogen-bond donors (Lipinski definition) is 2. The molecule has 1 aromatic heterocycles. The number of nitrogens with one attached hydrogen (secondary N) is 2. The van der Waals surface area contributed by atoms with E-state index in [0.717, 1.165) is 24.7 Å². The number of sulfone groups is 1. The van der Waals surface area contributed by atoms with Crippen molar-refractivity contribution >= 4 is 15.8 Å². The first kappa shape index (κ1) is 16.7. The van der Waals surface area contributed by atoms with Crippen LogP contribution in [0.25, 0.3) is 0 Å². The molecule has 1 saturated heterocycles. The largest absolute Gasteiger partial charge is 0.355 e. The molecule has 1 aromatic rings. The van der Waals surface area contributed by atoms with Crippen LogP contribution in [0.3, 0.4) is 0 Å². The van der Waals surface area contributed by atoms with Crippen molar-refractivity contribution in [1.82, 2.24) is 20.5 Å². The summed E-state index contributed by atoms with van der Waals surface area (Å²) in [5, 5.41) is 6.43. The Morgan fingerprint density at radius 2 is 2.09 bits per heavy atom. The van der Waals surface area contributed by atoms with Crippen LogP contribution in [0.5, 0.6) is 0 Å². The second-order valence-corrected chi connectivity index (χ2v) is 7.47. The van der Waals surface area contributed by atoms with Crippen LogP contribution in [0.2, 0.25) is 0 Å². The molecule has 2 heterocycles. The van der Waals surface area contributed by atoms with E-state index >= 15 is 0 Å². The molecule has 0 unspecified atom stereocenters. The van der Waals surface area contributed by atoms with Crippen LogP contribution in [0.1, 0.15) is 5.69 Å². The van der Waals surface area contributed by atoms with Crippen molar-refractivity contribution in [3.63, 3.8) is 0 Å². The zero-order valence-electron chi connectivity index (χ0n) is 12.8. The third-order valence-electron chi connectivity index (χ3n) is 3.54. The quantitative estimate of drug-likeness (QED) is 0.559. The summed E-state index contributed by atoms with van der Waals surface area (Å²) in [7, 11) is -1.08. The van der Waals surface area contributed by atoms with Crippen LogP contribution in [0.4, 0.5) is 0 Å². The van der Waals surface area contributed by atoms with Gasteiger partial charge in [0.25, 0.3) is 0 Å². The Kier molecular flexibility index (Phi) is 6.14. The Labute approximate surface area is 131 Å². The smallest absolute Gasteiger partial charge is 0.191 e. The van der Waals surface area contributed by atoms with Gasteiger partial charge in [-0.15, -0.1) is 0 Å². The summed E-state index contributed by atoms with van der Waals surface area (Å²) in [6, 6.07) is 5.79. The molecule has 1 fully saturated rings. The number of pyridine rings is 1. The molecule has 7 nitrogen and oxygen atoms in total. The van der Waals surface area contributed by atoms with Crippen molar-refractivity contribution in [1.29, 1.82) is 0 Å². The molecule has 8 heteroatoms. The first-order valence-electron chi connectivity index (χ1n) is 7.36. The van der Waals surface area contributed by atoms with E-state index in [-0.39, 0.29) is 11.5 Å². The third-order valence-corrected chi connectivity index (χ3v) is 5.15. The lowest BCUT2D eigenvalue weighted by molar-refractivity contribution is 0.299. The zero-order valence-corrected chi connectivity index (χ0v) is 13.6. The molecule has 2 rings (SSSR count). The fraction of sp³-hybridized carbons (Fsp3) is 0.571. The first-order valence-corrected chi connectivity index (χ1v) is 9.18. The van der Waals surface area contributed by atoms with E-state index in [9.17, 15) is 8.42 Å². The van der Waals surface area contributed by atoms with Crippen LogP contribution < -0.4 is 10.6 Å². The van der Waals surface area contributed by atoms with Gasteiger partial charge in [0.15, 0.2) is 15.8 Å². The molecule has 2 N–H and O–H groups in total. The van der Waals surface area contributed by atoms with Gasteiger partial charge in [-0.25, -0.2) is 8.42 Å². The van der Waals surface area contributed by atoms with Crippen LogP contribution >= 0.6 is 0 Å². The molecule has 0 aliphatic carbocycles. The SMILES string of the molecule is CN=C(NCCN1CCS(=O)(=O)CC1)NCc1ccccn1. The molecule has 0 bridgehead atoms. The first-order chi connectivity index (χ1) is 10.6. The number of hydrogen-bond acceptors (Lipinski definition) is 5. The van der Waals surface area contributed by atoms with E-state index in [1.54, 1.807) is 13.2 Å². The average molecular weight is 325 g/mol. The summed E-state index contributed by atoms with van der Waals surface area (Å²) in [6.07, 6.45) is 1.76. The van der Waals surface area contributed by atoms with Crippen molar-refractivity contribution in [3.8, 4) is 0 Å². The summed E-state index contributed by atoms with van der Waals surface area (Å²) >= 11 is 0. The molecular formula is C14H23N5O2S. The zero-order chi connectivity index (χ0) is 15.8. The number of guanidine groups is 1. The van der Waals surface area contributed by atoms with E-state index in [2.05, 4.69) is 25.5 Å². The van der Waals surface area contributed by atoms with Gasteiger partial charge in [-0.1, -0.05) is 6.07 Å². The predicted octanol–water partition coefficient (Wildman–Crippen LogP) is -0.523. The minimum Gasteiger partial charge on any atom is -0.355 e. The minimum absolute atomic E-state index is 0.264. The second kappa shape index (κ2) is 8.09. The fourth-order valence-corrected chi connectivity index (χ4v) is 3.48. The summed E-state index contributed by atoms with van der Waals surface area (Å²) in [5.74, 6) is 1.24. The summed E-state index contributed by atoms with van der Waals surface area (Å²) in [5.41, 5.74) is 0.951. The van der Waals surface area contributed by atoms with Crippen LogP contribution in [0, 0.1) is 0 Å². The molecule has 0 amide bonds. The molecule has 0 spiro atoms. The van der Waals surface area contributed by atoms with E-state index in [1.807, 2.05) is 18.2 Å². The fourth-order valence-electron chi connectivity index (χ4n) is 2.20. The Hall–Kier alpha value is -1.67. The van der Waals surface area contributed by atoms with Crippen molar-refractivity contribution in [2.75, 3.05) is 44.7 Å². The van der Waals surface area contributed by atoms with Crippen LogP contribution in [-0.4, -0.2) is 69.0 Å². The average Bonchev–Trinajstić information content (AvgIpc) is 2.53. The van der Waals surface area contributed by atoms with Gasteiger partial charge in [0.1, 0.15) is 0 Å². The monoisotopic (exact) mass is 325 g/mol. The number of rotatable bonds is 5. The minimum atomic E-state index is -2.81. The van der Waals surface area contributed by atoms with Gasteiger partial charge in [0, 0.05) is 39.4 Å². The lowest BCUT2D eigenvalue weighted by Crippen LogP contribution is -2.45. The van der Waals surface area contributed by atoms with Gasteiger partial charge < -0.3 is 10.6 Å². The highest BCUT2D eigenvalue weighted by Crippen LogP contribution is 2.02. The Bertz CT molecular complexity index is 575. The summed E-state index contributed by atoms with van der Waals surface area (Å²) < 4.78 is 22.7. The maximum Gasteiger partial charge on any atom is 0.191 e. The van der Waals surface area contributed by atoms with E-state index < -0.39 is 9.84 Å². The molecule has 1 aliphatic heterocycles. The van der Waals surface area contributed by atoms with E-state index in [4.69, 9.17) is 0 Å². The Morgan fingerprint density at radius 1 is 1.32 bits per heavy atom. The van der Waals surface area contributed by atoms with Crippen LogP contribution in [-0.2, 0) is 16.4 Å². The molecule has 22 heavy (non-hydrogen) atoms. The number of aromatic nitrogens is 1. The summed E-state index contributed by atoms with van der Waals surface area (Å²) in [6.45, 7) is 3.37. The summed E-state index contributed by atoms with van der Waals surface area (Å²) in [4.78, 5) is 10.6. The normalized spacial score (nSPS) is 18.9.